The van der Waals surface area contributed by atoms with E-state index in [9.17, 15) is 4.79 Å². The molecule has 1 saturated carbocycles. The van der Waals surface area contributed by atoms with Crippen LogP contribution in [0.3, 0.4) is 0 Å². The second kappa shape index (κ2) is 5.36. The van der Waals surface area contributed by atoms with E-state index in [0.717, 1.165) is 42.6 Å². The monoisotopic (exact) mass is 370 g/mol. The predicted octanol–water partition coefficient (Wildman–Crippen LogP) is 4.30. The summed E-state index contributed by atoms with van der Waals surface area (Å²) in [5.41, 5.74) is 2.68. The first-order valence-electron chi connectivity index (χ1n) is 10.3. The molecule has 0 N–H and O–H groups in total. The molecule has 2 heterocycles. The Hall–Kier alpha value is -1.39. The number of hydrogen-bond donors (Lipinski definition) is 0. The van der Waals surface area contributed by atoms with Crippen LogP contribution in [0.1, 0.15) is 63.1 Å². The van der Waals surface area contributed by atoms with Gasteiger partial charge in [-0.1, -0.05) is 13.0 Å². The molecule has 0 aromatic heterocycles. The standard InChI is InChI=1S/C23H30O4/c1-13-16-12-18(24)20-15-8-9-22(20,17(16)6-7-19(13)25-5)27-23(14(15)2)11-10-21(3,4)26-23/h6-7,14-15,20H,8-12H2,1-5H3/t14-,15+,20?,22-,23+/m0/s1. The molecule has 2 aliphatic heterocycles. The minimum absolute atomic E-state index is 0.0364. The Morgan fingerprint density at radius 1 is 1.15 bits per heavy atom. The first-order chi connectivity index (χ1) is 12.7. The molecule has 1 aromatic rings. The summed E-state index contributed by atoms with van der Waals surface area (Å²) in [5.74, 6) is 1.17. The quantitative estimate of drug-likeness (QED) is 0.739. The number of ketones is 1. The molecule has 2 saturated heterocycles. The first-order valence-corrected chi connectivity index (χ1v) is 10.3. The molecule has 0 radical (unpaired) electrons. The third-order valence-electron chi connectivity index (χ3n) is 7.92. The number of fused-ring (bicyclic) bond motifs is 1. The fourth-order valence-corrected chi connectivity index (χ4v) is 6.59. The van der Waals surface area contributed by atoms with E-state index in [1.54, 1.807) is 7.11 Å². The largest absolute Gasteiger partial charge is 0.496 e. The Labute approximate surface area is 161 Å². The lowest BCUT2D eigenvalue weighted by Gasteiger charge is -2.54. The Morgan fingerprint density at radius 3 is 2.59 bits per heavy atom. The Morgan fingerprint density at radius 2 is 1.93 bits per heavy atom. The molecule has 1 spiro atoms. The second-order valence-corrected chi connectivity index (χ2v) is 9.70. The maximum absolute atomic E-state index is 13.3. The molecule has 5 rings (SSSR count). The minimum atomic E-state index is -0.566. The molecule has 1 aromatic carbocycles. The van der Waals surface area contributed by atoms with Crippen LogP contribution in [-0.2, 0) is 26.3 Å². The number of carbonyl (C=O) groups is 1. The first kappa shape index (κ1) is 17.7. The van der Waals surface area contributed by atoms with Gasteiger partial charge in [0.05, 0.1) is 18.6 Å². The molecule has 2 aliphatic carbocycles. The van der Waals surface area contributed by atoms with Crippen molar-refractivity contribution in [3.63, 3.8) is 0 Å². The summed E-state index contributed by atoms with van der Waals surface area (Å²) in [5, 5.41) is 0. The van der Waals surface area contributed by atoms with Crippen molar-refractivity contribution in [1.29, 1.82) is 0 Å². The van der Waals surface area contributed by atoms with Crippen LogP contribution in [-0.4, -0.2) is 24.3 Å². The van der Waals surface area contributed by atoms with Crippen molar-refractivity contribution in [2.45, 2.75) is 76.8 Å². The number of carbonyl (C=O) groups excluding carboxylic acids is 1. The summed E-state index contributed by atoms with van der Waals surface area (Å²) in [6.45, 7) is 8.60. The van der Waals surface area contributed by atoms with Gasteiger partial charge in [0.15, 0.2) is 5.79 Å². The smallest absolute Gasteiger partial charge is 0.173 e. The Balaban J connectivity index is 1.68. The highest BCUT2D eigenvalue weighted by molar-refractivity contribution is 5.89. The zero-order chi connectivity index (χ0) is 19.2. The van der Waals surface area contributed by atoms with Gasteiger partial charge in [-0.05, 0) is 68.7 Å². The molecule has 146 valence electrons. The van der Waals surface area contributed by atoms with Crippen molar-refractivity contribution in [1.82, 2.24) is 0 Å². The van der Waals surface area contributed by atoms with Gasteiger partial charge in [0.1, 0.15) is 17.1 Å². The zero-order valence-corrected chi connectivity index (χ0v) is 17.1. The van der Waals surface area contributed by atoms with Crippen molar-refractivity contribution in [2.75, 3.05) is 7.11 Å². The van der Waals surface area contributed by atoms with E-state index >= 15 is 0 Å². The number of benzene rings is 1. The number of methoxy groups -OCH3 is 1. The SMILES string of the molecule is COc1ccc2c(c1C)CC(=O)C1[C@@H]3CC[C@]21O[C@]1(CCC(C)(C)O1)[C@H]3C. The van der Waals surface area contributed by atoms with Crippen molar-refractivity contribution in [3.8, 4) is 5.75 Å². The maximum Gasteiger partial charge on any atom is 0.173 e. The number of ether oxygens (including phenoxy) is 3. The lowest BCUT2D eigenvalue weighted by Crippen LogP contribution is -2.60. The van der Waals surface area contributed by atoms with Crippen LogP contribution in [0.4, 0.5) is 0 Å². The van der Waals surface area contributed by atoms with Crippen molar-refractivity contribution >= 4 is 5.78 Å². The normalized spacial score (nSPS) is 41.5. The van der Waals surface area contributed by atoms with Gasteiger partial charge in [0.25, 0.3) is 0 Å². The van der Waals surface area contributed by atoms with Crippen molar-refractivity contribution in [2.24, 2.45) is 17.8 Å². The molecule has 1 unspecified atom stereocenters. The minimum Gasteiger partial charge on any atom is -0.496 e. The van der Waals surface area contributed by atoms with E-state index in [1.165, 1.54) is 5.56 Å². The van der Waals surface area contributed by atoms with Gasteiger partial charge < -0.3 is 14.2 Å². The van der Waals surface area contributed by atoms with Gasteiger partial charge in [0.2, 0.25) is 0 Å². The third kappa shape index (κ3) is 2.14. The average molecular weight is 370 g/mol. The fraction of sp³-hybridized carbons (Fsp3) is 0.696. The van der Waals surface area contributed by atoms with Gasteiger partial charge in [-0.25, -0.2) is 0 Å². The molecule has 4 aliphatic rings. The molecular weight excluding hydrogens is 340 g/mol. The zero-order valence-electron chi connectivity index (χ0n) is 17.1. The summed E-state index contributed by atoms with van der Waals surface area (Å²) in [7, 11) is 1.69. The van der Waals surface area contributed by atoms with E-state index in [1.807, 2.05) is 6.07 Å². The lowest BCUT2D eigenvalue weighted by atomic mass is 9.64. The van der Waals surface area contributed by atoms with Crippen LogP contribution >= 0.6 is 0 Å². The van der Waals surface area contributed by atoms with Crippen LogP contribution in [0.15, 0.2) is 12.1 Å². The summed E-state index contributed by atoms with van der Waals surface area (Å²) < 4.78 is 19.1. The van der Waals surface area contributed by atoms with Crippen LogP contribution in [0.2, 0.25) is 0 Å². The highest BCUT2D eigenvalue weighted by atomic mass is 16.7. The van der Waals surface area contributed by atoms with Gasteiger partial charge in [-0.15, -0.1) is 0 Å². The molecule has 4 heteroatoms. The molecule has 0 amide bonds. The summed E-state index contributed by atoms with van der Waals surface area (Å²) in [4.78, 5) is 13.3. The Bertz CT molecular complexity index is 828. The predicted molar refractivity (Wildman–Crippen MR) is 102 cm³/mol. The molecular formula is C23H30O4. The van der Waals surface area contributed by atoms with Crippen molar-refractivity contribution in [3.05, 3.63) is 28.8 Å². The highest BCUT2D eigenvalue weighted by Crippen LogP contribution is 2.66. The molecule has 4 nitrogen and oxygen atoms in total. The topological polar surface area (TPSA) is 44.8 Å². The van der Waals surface area contributed by atoms with Gasteiger partial charge in [-0.3, -0.25) is 4.79 Å². The number of rotatable bonds is 1. The van der Waals surface area contributed by atoms with E-state index < -0.39 is 11.4 Å². The number of hydrogen-bond acceptors (Lipinski definition) is 4. The molecule has 5 atom stereocenters. The fourth-order valence-electron chi connectivity index (χ4n) is 6.59. The van der Waals surface area contributed by atoms with Crippen LogP contribution in [0, 0.1) is 24.7 Å². The van der Waals surface area contributed by atoms with E-state index in [-0.39, 0.29) is 17.4 Å². The third-order valence-corrected chi connectivity index (χ3v) is 7.92. The Kier molecular flexibility index (Phi) is 3.51. The van der Waals surface area contributed by atoms with Crippen LogP contribution in [0.5, 0.6) is 5.75 Å². The van der Waals surface area contributed by atoms with Crippen LogP contribution in [0.25, 0.3) is 0 Å². The van der Waals surface area contributed by atoms with Gasteiger partial charge >= 0.3 is 0 Å². The summed E-state index contributed by atoms with van der Waals surface area (Å²) in [6, 6.07) is 4.18. The molecule has 2 bridgehead atoms. The summed E-state index contributed by atoms with van der Waals surface area (Å²) in [6.07, 6.45) is 4.34. The van der Waals surface area contributed by atoms with Crippen LogP contribution < -0.4 is 4.74 Å². The second-order valence-electron chi connectivity index (χ2n) is 9.70. The number of Topliss-reactive ketones (excluding diaryl/α,β-unsaturated/α-hetero) is 1. The van der Waals surface area contributed by atoms with Gasteiger partial charge in [-0.2, -0.15) is 0 Å². The van der Waals surface area contributed by atoms with Crippen molar-refractivity contribution < 1.29 is 19.0 Å². The summed E-state index contributed by atoms with van der Waals surface area (Å²) >= 11 is 0. The highest BCUT2D eigenvalue weighted by Gasteiger charge is 2.69. The van der Waals surface area contributed by atoms with Gasteiger partial charge in [0, 0.05) is 18.8 Å². The lowest BCUT2D eigenvalue weighted by molar-refractivity contribution is -0.350. The van der Waals surface area contributed by atoms with E-state index in [2.05, 4.69) is 33.8 Å². The van der Waals surface area contributed by atoms with E-state index in [0.29, 0.717) is 18.1 Å². The molecule has 27 heavy (non-hydrogen) atoms. The average Bonchev–Trinajstić information content (AvgIpc) is 3.11. The molecule has 3 fully saturated rings. The van der Waals surface area contributed by atoms with E-state index in [4.69, 9.17) is 14.2 Å². The maximum atomic E-state index is 13.3.